The summed E-state index contributed by atoms with van der Waals surface area (Å²) in [6.45, 7) is 1.30. The average molecular weight is 496 g/mol. The fraction of sp³-hybridized carbons (Fsp3) is 0.105. The van der Waals surface area contributed by atoms with E-state index in [1.54, 1.807) is 29.6 Å². The number of para-hydroxylation sites is 1. The third-order valence-electron chi connectivity index (χ3n) is 3.58. The Balaban J connectivity index is 1.76. The van der Waals surface area contributed by atoms with Crippen molar-refractivity contribution in [1.82, 2.24) is 4.98 Å². The number of hydrogen-bond donors (Lipinski definition) is 0. The number of rotatable bonds is 5. The first-order chi connectivity index (χ1) is 13.0. The van der Waals surface area contributed by atoms with Gasteiger partial charge in [-0.3, -0.25) is 9.69 Å². The molecule has 0 aliphatic carbocycles. The Morgan fingerprint density at radius 2 is 1.89 bits per heavy atom. The maximum Gasteiger partial charge on any atom is 0.339 e. The number of anilines is 2. The van der Waals surface area contributed by atoms with Gasteiger partial charge in [-0.05, 0) is 46.9 Å². The van der Waals surface area contributed by atoms with Gasteiger partial charge in [-0.25, -0.2) is 14.2 Å². The van der Waals surface area contributed by atoms with Crippen LogP contribution in [-0.4, -0.2) is 16.9 Å². The maximum absolute atomic E-state index is 14.1. The lowest BCUT2D eigenvalue weighted by Crippen LogP contribution is -2.23. The van der Waals surface area contributed by atoms with Gasteiger partial charge in [0.25, 0.3) is 0 Å². The maximum atomic E-state index is 14.1. The molecule has 0 saturated carbocycles. The summed E-state index contributed by atoms with van der Waals surface area (Å²) in [4.78, 5) is 29.7. The lowest BCUT2D eigenvalue weighted by atomic mass is 10.2. The number of esters is 1. The van der Waals surface area contributed by atoms with Crippen molar-refractivity contribution in [1.29, 1.82) is 0 Å². The van der Waals surface area contributed by atoms with E-state index in [9.17, 15) is 14.0 Å². The summed E-state index contributed by atoms with van der Waals surface area (Å²) in [5, 5.41) is 1.99. The third-order valence-corrected chi connectivity index (χ3v) is 5.40. The van der Waals surface area contributed by atoms with E-state index in [1.807, 2.05) is 12.1 Å². The fourth-order valence-electron chi connectivity index (χ4n) is 2.35. The zero-order valence-corrected chi connectivity index (χ0v) is 17.2. The van der Waals surface area contributed by atoms with E-state index in [2.05, 4.69) is 27.6 Å². The van der Waals surface area contributed by atoms with Crippen molar-refractivity contribution in [3.05, 3.63) is 74.6 Å². The molecule has 0 bridgehead atoms. The molecule has 0 spiro atoms. The largest absolute Gasteiger partial charge is 0.456 e. The van der Waals surface area contributed by atoms with Crippen molar-refractivity contribution in [3.8, 4) is 0 Å². The normalized spacial score (nSPS) is 10.5. The quantitative estimate of drug-likeness (QED) is 0.372. The topological polar surface area (TPSA) is 59.5 Å². The van der Waals surface area contributed by atoms with Crippen LogP contribution >= 0.6 is 33.9 Å². The first-order valence-electron chi connectivity index (χ1n) is 7.88. The van der Waals surface area contributed by atoms with Gasteiger partial charge in [0.05, 0.1) is 16.9 Å². The molecule has 0 aliphatic heterocycles. The van der Waals surface area contributed by atoms with Crippen molar-refractivity contribution in [2.45, 2.75) is 13.5 Å². The van der Waals surface area contributed by atoms with Crippen LogP contribution in [0.4, 0.5) is 15.2 Å². The molecule has 3 rings (SSSR count). The van der Waals surface area contributed by atoms with Gasteiger partial charge in [-0.15, -0.1) is 11.3 Å². The first-order valence-corrected chi connectivity index (χ1v) is 9.84. The second-order valence-corrected chi connectivity index (χ2v) is 7.48. The van der Waals surface area contributed by atoms with Crippen LogP contribution in [0.2, 0.25) is 0 Å². The highest BCUT2D eigenvalue weighted by atomic mass is 127. The molecule has 1 aromatic heterocycles. The van der Waals surface area contributed by atoms with Crippen LogP contribution < -0.4 is 4.90 Å². The molecule has 27 heavy (non-hydrogen) atoms. The van der Waals surface area contributed by atoms with Gasteiger partial charge in [0.1, 0.15) is 12.4 Å². The number of ether oxygens (including phenoxy) is 1. The lowest BCUT2D eigenvalue weighted by Gasteiger charge is -2.18. The lowest BCUT2D eigenvalue weighted by molar-refractivity contribution is -0.115. The molecule has 0 fully saturated rings. The van der Waals surface area contributed by atoms with Gasteiger partial charge in [0.2, 0.25) is 5.91 Å². The van der Waals surface area contributed by atoms with Gasteiger partial charge in [0, 0.05) is 15.9 Å². The third kappa shape index (κ3) is 4.51. The number of benzene rings is 2. The Hall–Kier alpha value is -2.33. The van der Waals surface area contributed by atoms with E-state index >= 15 is 0 Å². The van der Waals surface area contributed by atoms with Crippen molar-refractivity contribution in [3.63, 3.8) is 0 Å². The molecule has 0 radical (unpaired) electrons. The summed E-state index contributed by atoms with van der Waals surface area (Å²) in [5.74, 6) is -1.33. The van der Waals surface area contributed by atoms with Gasteiger partial charge in [-0.2, -0.15) is 0 Å². The summed E-state index contributed by atoms with van der Waals surface area (Å²) < 4.78 is 20.2. The van der Waals surface area contributed by atoms with E-state index in [4.69, 9.17) is 4.74 Å². The molecule has 2 aromatic carbocycles. The van der Waals surface area contributed by atoms with Crippen molar-refractivity contribution in [2.75, 3.05) is 4.90 Å². The summed E-state index contributed by atoms with van der Waals surface area (Å²) in [6.07, 6.45) is 0. The number of carbonyl (C=O) groups is 2. The number of carbonyl (C=O) groups excluding carboxylic acids is 2. The van der Waals surface area contributed by atoms with Crippen molar-refractivity contribution >= 4 is 56.6 Å². The Labute approximate surface area is 172 Å². The smallest absolute Gasteiger partial charge is 0.339 e. The molecule has 5 nitrogen and oxygen atoms in total. The van der Waals surface area contributed by atoms with E-state index in [-0.39, 0.29) is 18.2 Å². The Kier molecular flexibility index (Phi) is 6.17. The minimum atomic E-state index is -0.519. The standard InChI is InChI=1S/C19H14FIN2O3S/c1-12(24)23(17-9-5-3-7-15(17)20)19-22-13(11-27-19)10-26-18(25)14-6-2-4-8-16(14)21/h2-9,11H,10H2,1H3. The molecular formula is C19H14FIN2O3S. The Bertz CT molecular complexity index is 992. The van der Waals surface area contributed by atoms with Crippen LogP contribution in [-0.2, 0) is 16.1 Å². The van der Waals surface area contributed by atoms with Gasteiger partial charge in [-0.1, -0.05) is 24.3 Å². The fourth-order valence-corrected chi connectivity index (χ4v) is 3.82. The summed E-state index contributed by atoms with van der Waals surface area (Å²) in [6, 6.07) is 13.1. The highest BCUT2D eigenvalue weighted by molar-refractivity contribution is 14.1. The molecule has 0 unspecified atom stereocenters. The number of aromatic nitrogens is 1. The summed E-state index contributed by atoms with van der Waals surface area (Å²) in [5.41, 5.74) is 1.09. The minimum Gasteiger partial charge on any atom is -0.456 e. The molecule has 1 amide bonds. The van der Waals surface area contributed by atoms with Crippen LogP contribution in [0.5, 0.6) is 0 Å². The van der Waals surface area contributed by atoms with E-state index < -0.39 is 11.8 Å². The van der Waals surface area contributed by atoms with Gasteiger partial charge >= 0.3 is 5.97 Å². The monoisotopic (exact) mass is 496 g/mol. The number of amides is 1. The molecule has 1 heterocycles. The predicted octanol–water partition coefficient (Wildman–Crippen LogP) is 4.93. The van der Waals surface area contributed by atoms with Crippen LogP contribution in [0.25, 0.3) is 0 Å². The van der Waals surface area contributed by atoms with E-state index in [1.165, 1.54) is 35.3 Å². The summed E-state index contributed by atoms with van der Waals surface area (Å²) >= 11 is 3.24. The molecule has 8 heteroatoms. The minimum absolute atomic E-state index is 0.0384. The molecule has 0 saturated heterocycles. The second-order valence-electron chi connectivity index (χ2n) is 5.48. The number of thiazole rings is 1. The highest BCUT2D eigenvalue weighted by Gasteiger charge is 2.21. The van der Waals surface area contributed by atoms with Crippen LogP contribution in [0.1, 0.15) is 23.0 Å². The number of halogens is 2. The van der Waals surface area contributed by atoms with Crippen molar-refractivity contribution < 1.29 is 18.7 Å². The SMILES string of the molecule is CC(=O)N(c1nc(COC(=O)c2ccccc2I)cs1)c1ccccc1F. The molecule has 0 atom stereocenters. The zero-order valence-electron chi connectivity index (χ0n) is 14.2. The average Bonchev–Trinajstić information content (AvgIpc) is 3.10. The Morgan fingerprint density at radius 3 is 2.59 bits per heavy atom. The van der Waals surface area contributed by atoms with Crippen LogP contribution in [0.15, 0.2) is 53.9 Å². The summed E-state index contributed by atoms with van der Waals surface area (Å²) in [7, 11) is 0. The molecule has 0 aliphatic rings. The predicted molar refractivity (Wildman–Crippen MR) is 110 cm³/mol. The molecular weight excluding hydrogens is 482 g/mol. The van der Waals surface area contributed by atoms with E-state index in [0.717, 1.165) is 3.57 Å². The van der Waals surface area contributed by atoms with Crippen LogP contribution in [0, 0.1) is 9.39 Å². The first kappa shape index (κ1) is 19.4. The van der Waals surface area contributed by atoms with Crippen molar-refractivity contribution in [2.24, 2.45) is 0 Å². The number of nitrogens with zero attached hydrogens (tertiary/aromatic N) is 2. The zero-order chi connectivity index (χ0) is 19.4. The second kappa shape index (κ2) is 8.57. The van der Waals surface area contributed by atoms with Crippen LogP contribution in [0.3, 0.4) is 0 Å². The molecule has 138 valence electrons. The van der Waals surface area contributed by atoms with E-state index in [0.29, 0.717) is 16.4 Å². The highest BCUT2D eigenvalue weighted by Crippen LogP contribution is 2.31. The number of hydrogen-bond acceptors (Lipinski definition) is 5. The van der Waals surface area contributed by atoms with Gasteiger partial charge in [0.15, 0.2) is 5.13 Å². The molecule has 3 aromatic rings. The molecule has 0 N–H and O–H groups in total. The Morgan fingerprint density at radius 1 is 1.19 bits per heavy atom. The van der Waals surface area contributed by atoms with Gasteiger partial charge < -0.3 is 4.74 Å².